The summed E-state index contributed by atoms with van der Waals surface area (Å²) in [6.45, 7) is 4.97. The standard InChI is InChI=1S/C15H20FNO/c1-2-3-4-7-18-15-9-12(8-13(16)10-15)11-17-14-5-6-14/h2,8-10,14,17H,1,3-7,11H2. The maximum Gasteiger partial charge on any atom is 0.127 e. The molecule has 0 heterocycles. The third-order valence-corrected chi connectivity index (χ3v) is 2.92. The zero-order chi connectivity index (χ0) is 12.8. The van der Waals surface area contributed by atoms with Crippen molar-refractivity contribution in [2.45, 2.75) is 38.3 Å². The summed E-state index contributed by atoms with van der Waals surface area (Å²) in [5, 5.41) is 3.37. The molecule has 1 N–H and O–H groups in total. The minimum absolute atomic E-state index is 0.233. The Bertz CT molecular complexity index is 401. The highest BCUT2D eigenvalue weighted by molar-refractivity contribution is 5.29. The summed E-state index contributed by atoms with van der Waals surface area (Å²) in [7, 11) is 0. The Morgan fingerprint density at radius 1 is 1.39 bits per heavy atom. The summed E-state index contributed by atoms with van der Waals surface area (Å²) in [6.07, 6.45) is 6.17. The molecule has 0 atom stereocenters. The summed E-state index contributed by atoms with van der Waals surface area (Å²) < 4.78 is 19.0. The van der Waals surface area contributed by atoms with Gasteiger partial charge in [-0.15, -0.1) is 6.58 Å². The van der Waals surface area contributed by atoms with Crippen molar-refractivity contribution in [2.75, 3.05) is 6.61 Å². The predicted molar refractivity (Wildman–Crippen MR) is 71.2 cm³/mol. The number of rotatable bonds is 8. The number of benzene rings is 1. The normalized spacial score (nSPS) is 14.5. The van der Waals surface area contributed by atoms with E-state index in [2.05, 4.69) is 11.9 Å². The molecule has 2 nitrogen and oxygen atoms in total. The van der Waals surface area contributed by atoms with Gasteiger partial charge in [0, 0.05) is 18.7 Å². The lowest BCUT2D eigenvalue weighted by molar-refractivity contribution is 0.310. The van der Waals surface area contributed by atoms with Crippen molar-refractivity contribution in [3.05, 3.63) is 42.2 Å². The lowest BCUT2D eigenvalue weighted by Gasteiger charge is -2.09. The second-order valence-corrected chi connectivity index (χ2v) is 4.73. The fraction of sp³-hybridized carbons (Fsp3) is 0.467. The third-order valence-electron chi connectivity index (χ3n) is 2.92. The van der Waals surface area contributed by atoms with E-state index in [1.165, 1.54) is 18.9 Å². The van der Waals surface area contributed by atoms with Crippen molar-refractivity contribution < 1.29 is 9.13 Å². The van der Waals surface area contributed by atoms with Crippen molar-refractivity contribution in [1.29, 1.82) is 0 Å². The monoisotopic (exact) mass is 249 g/mol. The first-order valence-corrected chi connectivity index (χ1v) is 6.54. The van der Waals surface area contributed by atoms with Gasteiger partial charge < -0.3 is 10.1 Å². The van der Waals surface area contributed by atoms with Gasteiger partial charge in [0.1, 0.15) is 11.6 Å². The first kappa shape index (κ1) is 13.1. The van der Waals surface area contributed by atoms with Gasteiger partial charge in [0.2, 0.25) is 0 Å². The van der Waals surface area contributed by atoms with E-state index in [0.29, 0.717) is 24.9 Å². The van der Waals surface area contributed by atoms with Gasteiger partial charge in [0.15, 0.2) is 0 Å². The predicted octanol–water partition coefficient (Wildman–Crippen LogP) is 3.42. The van der Waals surface area contributed by atoms with Crippen molar-refractivity contribution in [3.63, 3.8) is 0 Å². The van der Waals surface area contributed by atoms with Gasteiger partial charge in [-0.1, -0.05) is 6.08 Å². The molecule has 0 radical (unpaired) electrons. The minimum atomic E-state index is -0.233. The number of halogens is 1. The summed E-state index contributed by atoms with van der Waals surface area (Å²) in [5.74, 6) is 0.385. The average Bonchev–Trinajstić information content (AvgIpc) is 3.16. The van der Waals surface area contributed by atoms with Crippen molar-refractivity contribution in [1.82, 2.24) is 5.32 Å². The Hall–Kier alpha value is -1.35. The SMILES string of the molecule is C=CCCCOc1cc(F)cc(CNC2CC2)c1. The lowest BCUT2D eigenvalue weighted by Crippen LogP contribution is -2.15. The fourth-order valence-corrected chi connectivity index (χ4v) is 1.77. The molecule has 0 bridgehead atoms. The number of hydrogen-bond donors (Lipinski definition) is 1. The van der Waals surface area contributed by atoms with E-state index in [1.807, 2.05) is 12.1 Å². The van der Waals surface area contributed by atoms with Gasteiger partial charge in [-0.2, -0.15) is 0 Å². The van der Waals surface area contributed by atoms with Gasteiger partial charge in [0.25, 0.3) is 0 Å². The summed E-state index contributed by atoms with van der Waals surface area (Å²) in [6, 6.07) is 5.54. The molecule has 1 saturated carbocycles. The molecule has 1 aromatic carbocycles. The Balaban J connectivity index is 1.85. The van der Waals surface area contributed by atoms with Crippen molar-refractivity contribution >= 4 is 0 Å². The highest BCUT2D eigenvalue weighted by atomic mass is 19.1. The molecule has 0 unspecified atom stereocenters. The van der Waals surface area contributed by atoms with Crippen LogP contribution in [0.15, 0.2) is 30.9 Å². The van der Waals surface area contributed by atoms with Crippen LogP contribution in [0, 0.1) is 5.82 Å². The molecule has 0 amide bonds. The third kappa shape index (κ3) is 4.49. The molecule has 1 aliphatic rings. The van der Waals surface area contributed by atoms with Crippen LogP contribution in [0.25, 0.3) is 0 Å². The molecular weight excluding hydrogens is 229 g/mol. The van der Waals surface area contributed by atoms with Crippen molar-refractivity contribution in [2.24, 2.45) is 0 Å². The van der Waals surface area contributed by atoms with Crippen LogP contribution < -0.4 is 10.1 Å². The van der Waals surface area contributed by atoms with Gasteiger partial charge in [-0.05, 0) is 43.4 Å². The molecule has 1 fully saturated rings. The van der Waals surface area contributed by atoms with Gasteiger partial charge in [-0.3, -0.25) is 0 Å². The molecule has 98 valence electrons. The number of unbranched alkanes of at least 4 members (excludes halogenated alkanes) is 1. The number of nitrogens with one attached hydrogen (secondary N) is 1. The van der Waals surface area contributed by atoms with Crippen LogP contribution in [0.3, 0.4) is 0 Å². The average molecular weight is 249 g/mol. The number of hydrogen-bond acceptors (Lipinski definition) is 2. The van der Waals surface area contributed by atoms with Crippen molar-refractivity contribution in [3.8, 4) is 5.75 Å². The molecule has 0 spiro atoms. The molecule has 2 rings (SSSR count). The van der Waals surface area contributed by atoms with Crippen LogP contribution in [0.1, 0.15) is 31.2 Å². The molecule has 1 aromatic rings. The van der Waals surface area contributed by atoms with Crippen LogP contribution >= 0.6 is 0 Å². The number of allylic oxidation sites excluding steroid dienone is 1. The van der Waals surface area contributed by atoms with Crippen LogP contribution in [-0.4, -0.2) is 12.6 Å². The summed E-state index contributed by atoms with van der Waals surface area (Å²) in [5.41, 5.74) is 0.945. The van der Waals surface area contributed by atoms with E-state index in [4.69, 9.17) is 4.74 Å². The molecule has 18 heavy (non-hydrogen) atoms. The summed E-state index contributed by atoms with van der Waals surface area (Å²) >= 11 is 0. The van der Waals surface area contributed by atoms with Crippen LogP contribution in [0.2, 0.25) is 0 Å². The van der Waals surface area contributed by atoms with E-state index in [9.17, 15) is 4.39 Å². The molecule has 0 saturated heterocycles. The Morgan fingerprint density at radius 2 is 2.22 bits per heavy atom. The number of ether oxygens (including phenoxy) is 1. The van der Waals surface area contributed by atoms with E-state index >= 15 is 0 Å². The first-order valence-electron chi connectivity index (χ1n) is 6.54. The second kappa shape index (κ2) is 6.55. The van der Waals surface area contributed by atoms with Crippen LogP contribution in [0.4, 0.5) is 4.39 Å². The Morgan fingerprint density at radius 3 is 2.94 bits per heavy atom. The maximum absolute atomic E-state index is 13.4. The highest BCUT2D eigenvalue weighted by Crippen LogP contribution is 2.21. The Labute approximate surface area is 108 Å². The summed E-state index contributed by atoms with van der Waals surface area (Å²) in [4.78, 5) is 0. The zero-order valence-corrected chi connectivity index (χ0v) is 10.6. The van der Waals surface area contributed by atoms with Gasteiger partial charge in [-0.25, -0.2) is 4.39 Å². The van der Waals surface area contributed by atoms with Crippen LogP contribution in [-0.2, 0) is 6.54 Å². The van der Waals surface area contributed by atoms with E-state index in [0.717, 1.165) is 18.4 Å². The highest BCUT2D eigenvalue weighted by Gasteiger charge is 2.20. The van der Waals surface area contributed by atoms with E-state index in [-0.39, 0.29) is 5.82 Å². The lowest BCUT2D eigenvalue weighted by atomic mass is 10.2. The van der Waals surface area contributed by atoms with Gasteiger partial charge >= 0.3 is 0 Å². The van der Waals surface area contributed by atoms with E-state index in [1.54, 1.807) is 6.07 Å². The quantitative estimate of drug-likeness (QED) is 0.563. The molecule has 1 aliphatic carbocycles. The molecule has 0 aromatic heterocycles. The first-order chi connectivity index (χ1) is 8.78. The topological polar surface area (TPSA) is 21.3 Å². The molecule has 0 aliphatic heterocycles. The maximum atomic E-state index is 13.4. The second-order valence-electron chi connectivity index (χ2n) is 4.73. The molecular formula is C15H20FNO. The van der Waals surface area contributed by atoms with E-state index < -0.39 is 0 Å². The zero-order valence-electron chi connectivity index (χ0n) is 10.6. The smallest absolute Gasteiger partial charge is 0.127 e. The fourth-order valence-electron chi connectivity index (χ4n) is 1.77. The van der Waals surface area contributed by atoms with Gasteiger partial charge in [0.05, 0.1) is 6.61 Å². The van der Waals surface area contributed by atoms with Crippen LogP contribution in [0.5, 0.6) is 5.75 Å². The Kier molecular flexibility index (Phi) is 4.76. The minimum Gasteiger partial charge on any atom is -0.493 e. The largest absolute Gasteiger partial charge is 0.493 e. The molecule has 3 heteroatoms.